The second-order valence-electron chi connectivity index (χ2n) is 4.67. The van der Waals surface area contributed by atoms with Crippen molar-refractivity contribution in [2.45, 2.75) is 13.8 Å². The fraction of sp³-hybridized carbons (Fsp3) is 0.286. The van der Waals surface area contributed by atoms with E-state index in [-0.39, 0.29) is 5.91 Å². The first kappa shape index (κ1) is 13.1. The van der Waals surface area contributed by atoms with Crippen molar-refractivity contribution in [1.82, 2.24) is 10.2 Å². The van der Waals surface area contributed by atoms with Crippen molar-refractivity contribution < 1.29 is 4.79 Å². The largest absolute Gasteiger partial charge is 0.376 e. The molecular formula is C14H18N4O. The van der Waals surface area contributed by atoms with E-state index in [2.05, 4.69) is 15.5 Å². The Hall–Kier alpha value is -2.30. The SMILES string of the molecule is Cc1n[nH]c(C)c1C(=O)Nc1ccccc1N(C)C. The molecule has 0 aliphatic rings. The molecule has 0 aliphatic carbocycles. The molecule has 0 spiro atoms. The van der Waals surface area contributed by atoms with E-state index in [0.29, 0.717) is 11.3 Å². The molecule has 0 saturated carbocycles. The number of nitrogens with one attached hydrogen (secondary N) is 2. The topological polar surface area (TPSA) is 61.0 Å². The van der Waals surface area contributed by atoms with Crippen LogP contribution in [0.3, 0.4) is 0 Å². The van der Waals surface area contributed by atoms with Crippen LogP contribution in [0.2, 0.25) is 0 Å². The van der Waals surface area contributed by atoms with E-state index in [1.165, 1.54) is 0 Å². The number of rotatable bonds is 3. The van der Waals surface area contributed by atoms with Crippen LogP contribution in [0.5, 0.6) is 0 Å². The van der Waals surface area contributed by atoms with Gasteiger partial charge in [0.1, 0.15) is 0 Å². The predicted molar refractivity (Wildman–Crippen MR) is 76.8 cm³/mol. The van der Waals surface area contributed by atoms with Crippen molar-refractivity contribution in [3.8, 4) is 0 Å². The second-order valence-corrected chi connectivity index (χ2v) is 4.67. The molecule has 19 heavy (non-hydrogen) atoms. The van der Waals surface area contributed by atoms with Crippen molar-refractivity contribution in [2.24, 2.45) is 0 Å². The van der Waals surface area contributed by atoms with E-state index in [9.17, 15) is 4.79 Å². The van der Waals surface area contributed by atoms with Crippen LogP contribution >= 0.6 is 0 Å². The lowest BCUT2D eigenvalue weighted by Crippen LogP contribution is -2.17. The van der Waals surface area contributed by atoms with Gasteiger partial charge in [-0.05, 0) is 26.0 Å². The van der Waals surface area contributed by atoms with Gasteiger partial charge < -0.3 is 10.2 Å². The zero-order valence-corrected chi connectivity index (χ0v) is 11.6. The Morgan fingerprint density at radius 1 is 1.26 bits per heavy atom. The van der Waals surface area contributed by atoms with Gasteiger partial charge in [-0.1, -0.05) is 12.1 Å². The van der Waals surface area contributed by atoms with Crippen molar-refractivity contribution in [1.29, 1.82) is 0 Å². The number of aromatic amines is 1. The van der Waals surface area contributed by atoms with Gasteiger partial charge in [0.25, 0.3) is 5.91 Å². The minimum Gasteiger partial charge on any atom is -0.376 e. The summed E-state index contributed by atoms with van der Waals surface area (Å²) in [7, 11) is 3.89. The molecule has 0 bridgehead atoms. The van der Waals surface area contributed by atoms with Crippen LogP contribution in [0, 0.1) is 13.8 Å². The Kier molecular flexibility index (Phi) is 3.55. The lowest BCUT2D eigenvalue weighted by Gasteiger charge is -2.17. The molecule has 0 saturated heterocycles. The van der Waals surface area contributed by atoms with Crippen LogP contribution in [-0.2, 0) is 0 Å². The van der Waals surface area contributed by atoms with E-state index < -0.39 is 0 Å². The molecule has 1 heterocycles. The summed E-state index contributed by atoms with van der Waals surface area (Å²) < 4.78 is 0. The molecule has 100 valence electrons. The number of aryl methyl sites for hydroxylation is 2. The molecule has 2 rings (SSSR count). The second kappa shape index (κ2) is 5.14. The first-order chi connectivity index (χ1) is 9.00. The van der Waals surface area contributed by atoms with Crippen LogP contribution in [0.15, 0.2) is 24.3 Å². The standard InChI is InChI=1S/C14H18N4O/c1-9-13(10(2)17-16-9)14(19)15-11-7-5-6-8-12(11)18(3)4/h5-8H,1-4H3,(H,15,19)(H,16,17). The molecule has 5 heteroatoms. The van der Waals surface area contributed by atoms with Gasteiger partial charge in [-0.25, -0.2) is 0 Å². The highest BCUT2D eigenvalue weighted by atomic mass is 16.1. The number of nitrogens with zero attached hydrogens (tertiary/aromatic N) is 2. The molecule has 2 aromatic rings. The summed E-state index contributed by atoms with van der Waals surface area (Å²) in [6.07, 6.45) is 0. The molecule has 0 atom stereocenters. The predicted octanol–water partition coefficient (Wildman–Crippen LogP) is 2.34. The van der Waals surface area contributed by atoms with Crippen molar-refractivity contribution in [2.75, 3.05) is 24.3 Å². The number of hydrogen-bond acceptors (Lipinski definition) is 3. The maximum absolute atomic E-state index is 12.3. The van der Waals surface area contributed by atoms with Gasteiger partial charge in [0, 0.05) is 19.8 Å². The Bertz CT molecular complexity index is 582. The van der Waals surface area contributed by atoms with Crippen LogP contribution in [0.4, 0.5) is 11.4 Å². The lowest BCUT2D eigenvalue weighted by molar-refractivity contribution is 0.102. The maximum atomic E-state index is 12.3. The van der Waals surface area contributed by atoms with Crippen LogP contribution in [0.1, 0.15) is 21.7 Å². The van der Waals surface area contributed by atoms with Gasteiger partial charge in [0.05, 0.1) is 22.6 Å². The Morgan fingerprint density at radius 2 is 1.95 bits per heavy atom. The monoisotopic (exact) mass is 258 g/mol. The van der Waals surface area contributed by atoms with Gasteiger partial charge in [-0.2, -0.15) is 5.10 Å². The van der Waals surface area contributed by atoms with Gasteiger partial charge >= 0.3 is 0 Å². The smallest absolute Gasteiger partial charge is 0.259 e. The Morgan fingerprint density at radius 3 is 2.53 bits per heavy atom. The molecule has 0 fully saturated rings. The highest BCUT2D eigenvalue weighted by molar-refractivity contribution is 6.07. The molecule has 1 aromatic heterocycles. The van der Waals surface area contributed by atoms with Crippen molar-refractivity contribution in [3.05, 3.63) is 41.2 Å². The average molecular weight is 258 g/mol. The first-order valence-electron chi connectivity index (χ1n) is 6.10. The van der Waals surface area contributed by atoms with E-state index in [4.69, 9.17) is 0 Å². The summed E-state index contributed by atoms with van der Waals surface area (Å²) in [6, 6.07) is 7.69. The number of aromatic nitrogens is 2. The number of benzene rings is 1. The normalized spacial score (nSPS) is 10.3. The molecule has 0 radical (unpaired) electrons. The third-order valence-corrected chi connectivity index (χ3v) is 2.99. The summed E-state index contributed by atoms with van der Waals surface area (Å²) >= 11 is 0. The van der Waals surface area contributed by atoms with Crippen LogP contribution in [-0.4, -0.2) is 30.2 Å². The van der Waals surface area contributed by atoms with E-state index >= 15 is 0 Å². The molecule has 2 N–H and O–H groups in total. The summed E-state index contributed by atoms with van der Waals surface area (Å²) in [5, 5.41) is 9.80. The quantitative estimate of drug-likeness (QED) is 0.888. The van der Waals surface area contributed by atoms with Gasteiger partial charge in [0.15, 0.2) is 0 Å². The third kappa shape index (κ3) is 2.59. The van der Waals surface area contributed by atoms with Crippen LogP contribution < -0.4 is 10.2 Å². The Labute approximate surface area is 112 Å². The van der Waals surface area contributed by atoms with Crippen molar-refractivity contribution in [3.63, 3.8) is 0 Å². The van der Waals surface area contributed by atoms with E-state index in [1.807, 2.05) is 57.1 Å². The molecule has 5 nitrogen and oxygen atoms in total. The molecule has 0 aliphatic heterocycles. The summed E-state index contributed by atoms with van der Waals surface area (Å²) in [5.74, 6) is -0.141. The number of carbonyl (C=O) groups excluding carboxylic acids is 1. The van der Waals surface area contributed by atoms with Gasteiger partial charge in [-0.15, -0.1) is 0 Å². The van der Waals surface area contributed by atoms with E-state index in [0.717, 1.165) is 17.1 Å². The van der Waals surface area contributed by atoms with Gasteiger partial charge in [-0.3, -0.25) is 9.89 Å². The average Bonchev–Trinajstić information content (AvgIpc) is 2.69. The van der Waals surface area contributed by atoms with Crippen molar-refractivity contribution >= 4 is 17.3 Å². The van der Waals surface area contributed by atoms with Crippen LogP contribution in [0.25, 0.3) is 0 Å². The third-order valence-electron chi connectivity index (χ3n) is 2.99. The summed E-state index contributed by atoms with van der Waals surface area (Å²) in [5.41, 5.74) is 3.84. The fourth-order valence-corrected chi connectivity index (χ4v) is 2.04. The maximum Gasteiger partial charge on any atom is 0.259 e. The van der Waals surface area contributed by atoms with E-state index in [1.54, 1.807) is 0 Å². The number of hydrogen-bond donors (Lipinski definition) is 2. The minimum atomic E-state index is -0.141. The Balaban J connectivity index is 2.30. The molecular weight excluding hydrogens is 240 g/mol. The zero-order chi connectivity index (χ0) is 14.0. The highest BCUT2D eigenvalue weighted by Gasteiger charge is 2.16. The summed E-state index contributed by atoms with van der Waals surface area (Å²) in [6.45, 7) is 3.66. The zero-order valence-electron chi connectivity index (χ0n) is 11.6. The minimum absolute atomic E-state index is 0.141. The first-order valence-corrected chi connectivity index (χ1v) is 6.10. The highest BCUT2D eigenvalue weighted by Crippen LogP contribution is 2.24. The summed E-state index contributed by atoms with van der Waals surface area (Å²) in [4.78, 5) is 14.3. The lowest BCUT2D eigenvalue weighted by atomic mass is 10.1. The van der Waals surface area contributed by atoms with Gasteiger partial charge in [0.2, 0.25) is 0 Å². The fourth-order valence-electron chi connectivity index (χ4n) is 2.04. The number of amides is 1. The molecule has 1 amide bonds. The number of para-hydroxylation sites is 2. The number of anilines is 2. The number of carbonyl (C=O) groups is 1. The number of H-pyrrole nitrogens is 1. The molecule has 0 unspecified atom stereocenters. The molecule has 1 aromatic carbocycles.